The molecule has 1 nitrogen and oxygen atoms in total. The summed E-state index contributed by atoms with van der Waals surface area (Å²) in [6.07, 6.45) is 0.0470. The molecular weight excluding hydrogens is 203 g/mol. The quantitative estimate of drug-likeness (QED) is 0.716. The summed E-state index contributed by atoms with van der Waals surface area (Å²) in [6.45, 7) is 0. The summed E-state index contributed by atoms with van der Waals surface area (Å²) in [5, 5.41) is 0. The predicted octanol–water partition coefficient (Wildman–Crippen LogP) is 3.32. The number of hydrogen-bond donors (Lipinski definition) is 0. The minimum Gasteiger partial charge on any atom is -0.233 e. The molecule has 15 heavy (non-hydrogen) atoms. The van der Waals surface area contributed by atoms with Gasteiger partial charge in [-0.1, -0.05) is 60.7 Å². The predicted molar refractivity (Wildman–Crippen MR) is 66.9 cm³/mol. The highest BCUT2D eigenvalue weighted by Gasteiger charge is 2.14. The molecular formula is C13H14OP+. The van der Waals surface area contributed by atoms with Crippen LogP contribution in [0.4, 0.5) is 0 Å². The summed E-state index contributed by atoms with van der Waals surface area (Å²) in [4.78, 5) is 0. The van der Waals surface area contributed by atoms with Crippen LogP contribution < -0.4 is 0 Å². The SMILES string of the molecule is [PH3+]OC(c1ccccc1)c1ccccc1. The van der Waals surface area contributed by atoms with Gasteiger partial charge in [-0.3, -0.25) is 0 Å². The van der Waals surface area contributed by atoms with Gasteiger partial charge in [-0.25, -0.2) is 4.52 Å². The van der Waals surface area contributed by atoms with Crippen LogP contribution >= 0.6 is 9.47 Å². The van der Waals surface area contributed by atoms with Gasteiger partial charge in [0, 0.05) is 0 Å². The zero-order chi connectivity index (χ0) is 10.5. The van der Waals surface area contributed by atoms with Gasteiger partial charge in [-0.05, 0) is 11.1 Å². The first-order valence-corrected chi connectivity index (χ1v) is 5.50. The van der Waals surface area contributed by atoms with Crippen molar-refractivity contribution in [2.75, 3.05) is 0 Å². The maximum Gasteiger partial charge on any atom is 0.150 e. The fourth-order valence-corrected chi connectivity index (χ4v) is 2.03. The van der Waals surface area contributed by atoms with E-state index in [1.807, 2.05) is 36.4 Å². The molecule has 2 heteroatoms. The van der Waals surface area contributed by atoms with Crippen molar-refractivity contribution < 1.29 is 4.52 Å². The van der Waals surface area contributed by atoms with Crippen molar-refractivity contribution >= 4 is 9.47 Å². The summed E-state index contributed by atoms with van der Waals surface area (Å²) in [6, 6.07) is 20.5. The molecule has 0 aromatic heterocycles. The fourth-order valence-electron chi connectivity index (χ4n) is 1.64. The number of rotatable bonds is 3. The lowest BCUT2D eigenvalue weighted by atomic mass is 10.0. The summed E-state index contributed by atoms with van der Waals surface area (Å²) < 4.78 is 5.55. The summed E-state index contributed by atoms with van der Waals surface area (Å²) in [5.74, 6) is 0. The molecule has 2 aromatic rings. The topological polar surface area (TPSA) is 9.23 Å². The Bertz CT molecular complexity index is 360. The Morgan fingerprint density at radius 2 is 1.13 bits per heavy atom. The van der Waals surface area contributed by atoms with Crippen LogP contribution in [-0.4, -0.2) is 0 Å². The van der Waals surface area contributed by atoms with Crippen LogP contribution in [0.25, 0.3) is 0 Å². The van der Waals surface area contributed by atoms with E-state index in [4.69, 9.17) is 4.52 Å². The molecule has 76 valence electrons. The minimum absolute atomic E-state index is 0.0470. The van der Waals surface area contributed by atoms with Gasteiger partial charge >= 0.3 is 0 Å². The van der Waals surface area contributed by atoms with Crippen LogP contribution in [0.1, 0.15) is 17.2 Å². The van der Waals surface area contributed by atoms with Gasteiger partial charge < -0.3 is 0 Å². The summed E-state index contributed by atoms with van der Waals surface area (Å²) in [7, 11) is 1.54. The molecule has 0 N–H and O–H groups in total. The van der Waals surface area contributed by atoms with Crippen LogP contribution in [-0.2, 0) is 4.52 Å². The average molecular weight is 217 g/mol. The van der Waals surface area contributed by atoms with E-state index in [9.17, 15) is 0 Å². The van der Waals surface area contributed by atoms with Crippen LogP contribution in [0.2, 0.25) is 0 Å². The third-order valence-corrected chi connectivity index (χ3v) is 2.70. The van der Waals surface area contributed by atoms with Gasteiger partial charge in [0.25, 0.3) is 0 Å². The van der Waals surface area contributed by atoms with E-state index < -0.39 is 0 Å². The Hall–Kier alpha value is -1.17. The third-order valence-electron chi connectivity index (χ3n) is 2.37. The van der Waals surface area contributed by atoms with E-state index in [1.54, 1.807) is 9.47 Å². The maximum atomic E-state index is 5.55. The normalized spacial score (nSPS) is 10.7. The van der Waals surface area contributed by atoms with Gasteiger partial charge in [0.2, 0.25) is 0 Å². The molecule has 0 amide bonds. The molecule has 0 radical (unpaired) electrons. The molecule has 2 rings (SSSR count). The van der Waals surface area contributed by atoms with Crippen LogP contribution in [0.5, 0.6) is 0 Å². The molecule has 2 aromatic carbocycles. The second-order valence-corrected chi connectivity index (χ2v) is 3.70. The first kappa shape index (κ1) is 10.4. The van der Waals surface area contributed by atoms with E-state index in [0.29, 0.717) is 0 Å². The summed E-state index contributed by atoms with van der Waals surface area (Å²) >= 11 is 0. The number of hydrogen-bond acceptors (Lipinski definition) is 1. The molecule has 0 saturated heterocycles. The van der Waals surface area contributed by atoms with E-state index in [0.717, 1.165) is 0 Å². The Morgan fingerprint density at radius 1 is 0.733 bits per heavy atom. The van der Waals surface area contributed by atoms with Crippen LogP contribution in [0.15, 0.2) is 60.7 Å². The van der Waals surface area contributed by atoms with Crippen molar-refractivity contribution in [1.29, 1.82) is 0 Å². The third kappa shape index (κ3) is 2.44. The zero-order valence-electron chi connectivity index (χ0n) is 8.47. The minimum atomic E-state index is 0.0470. The molecule has 0 spiro atoms. The van der Waals surface area contributed by atoms with Crippen molar-refractivity contribution in [1.82, 2.24) is 0 Å². The lowest BCUT2D eigenvalue weighted by Crippen LogP contribution is -1.99. The van der Waals surface area contributed by atoms with Gasteiger partial charge in [0.05, 0.1) is 0 Å². The summed E-state index contributed by atoms with van der Waals surface area (Å²) in [5.41, 5.74) is 2.39. The highest BCUT2D eigenvalue weighted by molar-refractivity contribution is 7.09. The molecule has 0 aliphatic rings. The lowest BCUT2D eigenvalue weighted by Gasteiger charge is -2.12. The molecule has 0 bridgehead atoms. The van der Waals surface area contributed by atoms with Crippen molar-refractivity contribution in [3.8, 4) is 0 Å². The second-order valence-electron chi connectivity index (χ2n) is 3.37. The Morgan fingerprint density at radius 3 is 1.47 bits per heavy atom. The first-order valence-electron chi connectivity index (χ1n) is 4.92. The van der Waals surface area contributed by atoms with Crippen LogP contribution in [0, 0.1) is 0 Å². The van der Waals surface area contributed by atoms with Crippen molar-refractivity contribution in [3.63, 3.8) is 0 Å². The van der Waals surface area contributed by atoms with Crippen molar-refractivity contribution in [3.05, 3.63) is 71.8 Å². The van der Waals surface area contributed by atoms with E-state index >= 15 is 0 Å². The van der Waals surface area contributed by atoms with E-state index in [1.165, 1.54) is 11.1 Å². The standard InChI is InChI=1S/C13H14OP/c15-14-13(11-7-3-1-4-8-11)12-9-5-2-6-10-12/h1-10,13H,15H3/q+1. The molecule has 0 fully saturated rings. The van der Waals surface area contributed by atoms with Gasteiger partial charge in [-0.15, -0.1) is 0 Å². The maximum absolute atomic E-state index is 5.55. The lowest BCUT2D eigenvalue weighted by molar-refractivity contribution is 0.293. The van der Waals surface area contributed by atoms with E-state index in [-0.39, 0.29) is 6.10 Å². The molecule has 0 aliphatic heterocycles. The average Bonchev–Trinajstić information content (AvgIpc) is 2.33. The molecule has 1 unspecified atom stereocenters. The largest absolute Gasteiger partial charge is 0.233 e. The Labute approximate surface area is 92.4 Å². The number of benzene rings is 2. The van der Waals surface area contributed by atoms with Crippen molar-refractivity contribution in [2.45, 2.75) is 6.10 Å². The van der Waals surface area contributed by atoms with E-state index in [2.05, 4.69) is 24.3 Å². The van der Waals surface area contributed by atoms with Crippen LogP contribution in [0.3, 0.4) is 0 Å². The second kappa shape index (κ2) is 5.06. The highest BCUT2D eigenvalue weighted by atomic mass is 31.0. The Balaban J connectivity index is 2.34. The monoisotopic (exact) mass is 217 g/mol. The molecule has 0 saturated carbocycles. The highest BCUT2D eigenvalue weighted by Crippen LogP contribution is 2.27. The first-order chi connectivity index (χ1) is 7.42. The smallest absolute Gasteiger partial charge is 0.150 e. The van der Waals surface area contributed by atoms with Gasteiger partial charge in [0.15, 0.2) is 6.10 Å². The Kier molecular flexibility index (Phi) is 3.49. The zero-order valence-corrected chi connectivity index (χ0v) is 9.88. The molecule has 0 heterocycles. The van der Waals surface area contributed by atoms with Gasteiger partial charge in [-0.2, -0.15) is 0 Å². The van der Waals surface area contributed by atoms with Gasteiger partial charge in [0.1, 0.15) is 9.47 Å². The molecule has 1 atom stereocenters. The molecule has 0 aliphatic carbocycles. The fraction of sp³-hybridized carbons (Fsp3) is 0.0769. The van der Waals surface area contributed by atoms with Crippen molar-refractivity contribution in [2.24, 2.45) is 0 Å².